The lowest BCUT2D eigenvalue weighted by Gasteiger charge is -2.11. The predicted molar refractivity (Wildman–Crippen MR) is 136 cm³/mol. The van der Waals surface area contributed by atoms with Crippen molar-refractivity contribution in [2.24, 2.45) is 5.10 Å². The van der Waals surface area contributed by atoms with Gasteiger partial charge < -0.3 is 9.15 Å². The number of carbonyl (C=O) groups is 1. The molecule has 0 atom stereocenters. The van der Waals surface area contributed by atoms with Crippen molar-refractivity contribution < 1.29 is 13.9 Å². The van der Waals surface area contributed by atoms with Crippen molar-refractivity contribution in [3.8, 4) is 17.1 Å². The molecule has 1 heterocycles. The molecule has 0 spiro atoms. The standard InChI is InChI=1S/C25H16Cl4N2O3/c26-17-7-5-16(21(28)12-17)14-33-24-4-2-1-3-19(24)25(32)31-30-13-18-8-10-23(34-18)15-6-9-20(27)22(29)11-15/h1-13H,14H2,(H,31,32)/b30-13+. The first kappa shape index (κ1) is 24.2. The minimum Gasteiger partial charge on any atom is -0.488 e. The maximum absolute atomic E-state index is 12.7. The van der Waals surface area contributed by atoms with E-state index in [0.29, 0.717) is 42.9 Å². The molecule has 4 rings (SSSR count). The molecule has 5 nitrogen and oxygen atoms in total. The minimum absolute atomic E-state index is 0.174. The van der Waals surface area contributed by atoms with Crippen LogP contribution in [0.5, 0.6) is 5.75 Å². The van der Waals surface area contributed by atoms with Crippen molar-refractivity contribution in [3.63, 3.8) is 0 Å². The highest BCUT2D eigenvalue weighted by Gasteiger charge is 2.13. The molecule has 1 aromatic heterocycles. The summed E-state index contributed by atoms with van der Waals surface area (Å²) in [6.45, 7) is 0.174. The van der Waals surface area contributed by atoms with Crippen LogP contribution in [-0.4, -0.2) is 12.1 Å². The van der Waals surface area contributed by atoms with Crippen LogP contribution in [0, 0.1) is 0 Å². The Morgan fingerprint density at radius 3 is 2.53 bits per heavy atom. The second-order valence-corrected chi connectivity index (χ2v) is 8.71. The minimum atomic E-state index is -0.440. The van der Waals surface area contributed by atoms with Gasteiger partial charge in [-0.05, 0) is 54.6 Å². The van der Waals surface area contributed by atoms with Crippen LogP contribution < -0.4 is 10.2 Å². The molecule has 4 aromatic rings. The van der Waals surface area contributed by atoms with Crippen molar-refractivity contribution in [3.05, 3.63) is 110 Å². The molecule has 0 radical (unpaired) electrons. The number of ether oxygens (including phenoxy) is 1. The van der Waals surface area contributed by atoms with Gasteiger partial charge in [0.2, 0.25) is 0 Å². The third-order valence-corrected chi connectivity index (χ3v) is 6.04. The summed E-state index contributed by atoms with van der Waals surface area (Å²) < 4.78 is 11.6. The first-order chi connectivity index (χ1) is 16.4. The zero-order chi connectivity index (χ0) is 24.1. The van der Waals surface area contributed by atoms with E-state index in [2.05, 4.69) is 10.5 Å². The molecule has 34 heavy (non-hydrogen) atoms. The van der Waals surface area contributed by atoms with Crippen LogP contribution >= 0.6 is 46.4 Å². The topological polar surface area (TPSA) is 63.8 Å². The molecule has 0 bridgehead atoms. The zero-order valence-corrected chi connectivity index (χ0v) is 20.4. The zero-order valence-electron chi connectivity index (χ0n) is 17.4. The number of amides is 1. The molecule has 0 saturated heterocycles. The summed E-state index contributed by atoms with van der Waals surface area (Å²) in [5.41, 5.74) is 4.31. The van der Waals surface area contributed by atoms with E-state index < -0.39 is 5.91 Å². The highest BCUT2D eigenvalue weighted by molar-refractivity contribution is 6.42. The SMILES string of the molecule is O=C(N/N=C/c1ccc(-c2ccc(Cl)c(Cl)c2)o1)c1ccccc1OCc1ccc(Cl)cc1Cl. The summed E-state index contributed by atoms with van der Waals surface area (Å²) in [5.74, 6) is 0.987. The van der Waals surface area contributed by atoms with E-state index in [4.69, 9.17) is 55.6 Å². The molecule has 3 aromatic carbocycles. The molecule has 0 unspecified atom stereocenters. The number of hydrogen-bond donors (Lipinski definition) is 1. The lowest BCUT2D eigenvalue weighted by Crippen LogP contribution is -2.18. The van der Waals surface area contributed by atoms with Gasteiger partial charge >= 0.3 is 0 Å². The second kappa shape index (κ2) is 11.0. The lowest BCUT2D eigenvalue weighted by molar-refractivity contribution is 0.0950. The molecule has 0 saturated carbocycles. The number of nitrogens with zero attached hydrogens (tertiary/aromatic N) is 1. The van der Waals surface area contributed by atoms with Gasteiger partial charge in [-0.15, -0.1) is 0 Å². The number of carbonyl (C=O) groups excluding carboxylic acids is 1. The van der Waals surface area contributed by atoms with Crippen molar-refractivity contribution in [1.29, 1.82) is 0 Å². The van der Waals surface area contributed by atoms with Crippen LogP contribution in [0.25, 0.3) is 11.3 Å². The first-order valence-corrected chi connectivity index (χ1v) is 11.5. The van der Waals surface area contributed by atoms with Gasteiger partial charge in [-0.1, -0.05) is 64.6 Å². The number of hydrazone groups is 1. The maximum atomic E-state index is 12.7. The van der Waals surface area contributed by atoms with Gasteiger partial charge in [0.15, 0.2) is 0 Å². The molecule has 172 valence electrons. The Kier molecular flexibility index (Phi) is 7.80. The number of halogens is 4. The van der Waals surface area contributed by atoms with Gasteiger partial charge in [0.25, 0.3) is 5.91 Å². The van der Waals surface area contributed by atoms with E-state index in [1.54, 1.807) is 72.8 Å². The Morgan fingerprint density at radius 2 is 1.74 bits per heavy atom. The fourth-order valence-electron chi connectivity index (χ4n) is 3.02. The average Bonchev–Trinajstić information content (AvgIpc) is 3.29. The average molecular weight is 534 g/mol. The largest absolute Gasteiger partial charge is 0.488 e. The van der Waals surface area contributed by atoms with E-state index in [-0.39, 0.29) is 6.61 Å². The fraction of sp³-hybridized carbons (Fsp3) is 0.0400. The maximum Gasteiger partial charge on any atom is 0.275 e. The molecular weight excluding hydrogens is 518 g/mol. The normalized spacial score (nSPS) is 11.1. The van der Waals surface area contributed by atoms with Crippen LogP contribution in [0.15, 0.2) is 82.3 Å². The van der Waals surface area contributed by atoms with Crippen molar-refractivity contribution in [2.45, 2.75) is 6.61 Å². The van der Waals surface area contributed by atoms with Crippen molar-refractivity contribution >= 4 is 58.5 Å². The summed E-state index contributed by atoms with van der Waals surface area (Å²) in [5, 5.41) is 5.89. The predicted octanol–water partition coefficient (Wildman–Crippen LogP) is 7.90. The first-order valence-electron chi connectivity index (χ1n) is 9.95. The Labute approximate surface area is 215 Å². The van der Waals surface area contributed by atoms with Crippen LogP contribution in [-0.2, 0) is 6.61 Å². The van der Waals surface area contributed by atoms with E-state index in [1.807, 2.05) is 0 Å². The lowest BCUT2D eigenvalue weighted by atomic mass is 10.2. The number of para-hydroxylation sites is 1. The summed E-state index contributed by atoms with van der Waals surface area (Å²) >= 11 is 24.1. The fourth-order valence-corrected chi connectivity index (χ4v) is 3.78. The van der Waals surface area contributed by atoms with Crippen molar-refractivity contribution in [2.75, 3.05) is 0 Å². The molecular formula is C25H16Cl4N2O3. The number of rotatable bonds is 7. The van der Waals surface area contributed by atoms with E-state index in [1.165, 1.54) is 6.21 Å². The Hall–Kier alpha value is -2.96. The summed E-state index contributed by atoms with van der Waals surface area (Å²) in [4.78, 5) is 12.7. The highest BCUT2D eigenvalue weighted by Crippen LogP contribution is 2.29. The van der Waals surface area contributed by atoms with E-state index in [0.717, 1.165) is 11.1 Å². The van der Waals surface area contributed by atoms with Crippen molar-refractivity contribution in [1.82, 2.24) is 5.43 Å². The number of benzene rings is 3. The summed E-state index contributed by atoms with van der Waals surface area (Å²) in [7, 11) is 0. The van der Waals surface area contributed by atoms with Crippen LogP contribution in [0.4, 0.5) is 0 Å². The molecule has 9 heteroatoms. The van der Waals surface area contributed by atoms with Crippen LogP contribution in [0.1, 0.15) is 21.7 Å². The number of furan rings is 1. The number of nitrogens with one attached hydrogen (secondary N) is 1. The molecule has 0 aliphatic rings. The molecule has 0 aliphatic carbocycles. The third kappa shape index (κ3) is 5.93. The Balaban J connectivity index is 1.40. The van der Waals surface area contributed by atoms with Crippen LogP contribution in [0.3, 0.4) is 0 Å². The van der Waals surface area contributed by atoms with Crippen LogP contribution in [0.2, 0.25) is 20.1 Å². The quantitative estimate of drug-likeness (QED) is 0.194. The van der Waals surface area contributed by atoms with E-state index >= 15 is 0 Å². The smallest absolute Gasteiger partial charge is 0.275 e. The van der Waals surface area contributed by atoms with Gasteiger partial charge in [0.1, 0.15) is 23.9 Å². The summed E-state index contributed by atoms with van der Waals surface area (Å²) in [6, 6.07) is 20.7. The molecule has 1 N–H and O–H groups in total. The highest BCUT2D eigenvalue weighted by atomic mass is 35.5. The second-order valence-electron chi connectivity index (χ2n) is 7.05. The van der Waals surface area contributed by atoms with Gasteiger partial charge in [-0.25, -0.2) is 5.43 Å². The van der Waals surface area contributed by atoms with Gasteiger partial charge in [0.05, 0.1) is 21.8 Å². The Morgan fingerprint density at radius 1 is 0.912 bits per heavy atom. The summed E-state index contributed by atoms with van der Waals surface area (Å²) in [6.07, 6.45) is 1.40. The molecule has 0 fully saturated rings. The molecule has 0 aliphatic heterocycles. The van der Waals surface area contributed by atoms with Gasteiger partial charge in [-0.2, -0.15) is 5.10 Å². The monoisotopic (exact) mass is 532 g/mol. The van der Waals surface area contributed by atoms with E-state index in [9.17, 15) is 4.79 Å². The molecule has 1 amide bonds. The number of hydrogen-bond acceptors (Lipinski definition) is 4. The third-order valence-electron chi connectivity index (χ3n) is 4.72. The Bertz CT molecular complexity index is 1370. The van der Waals surface area contributed by atoms with Gasteiger partial charge in [0, 0.05) is 21.2 Å². The van der Waals surface area contributed by atoms with Gasteiger partial charge in [-0.3, -0.25) is 4.79 Å².